The lowest BCUT2D eigenvalue weighted by Crippen LogP contribution is -2.41. The summed E-state index contributed by atoms with van der Waals surface area (Å²) < 4.78 is 5.89. The molecule has 0 atom stereocenters. The van der Waals surface area contributed by atoms with Crippen molar-refractivity contribution >= 4 is 29.6 Å². The number of furan rings is 1. The van der Waals surface area contributed by atoms with Gasteiger partial charge in [-0.15, -0.1) is 0 Å². The average Bonchev–Trinajstić information content (AvgIpc) is 3.16. The van der Waals surface area contributed by atoms with Gasteiger partial charge in [0.05, 0.1) is 0 Å². The molecule has 3 saturated heterocycles. The highest BCUT2D eigenvalue weighted by atomic mass is 16.4. The molecule has 0 radical (unpaired) electrons. The lowest BCUT2D eigenvalue weighted by molar-refractivity contribution is -0.134. The highest BCUT2D eigenvalue weighted by Crippen LogP contribution is 2.27. The van der Waals surface area contributed by atoms with Gasteiger partial charge in [-0.1, -0.05) is 0 Å². The number of carboxylic acids is 2. The molecule has 11 heteroatoms. The van der Waals surface area contributed by atoms with Gasteiger partial charge >= 0.3 is 18.0 Å². The predicted octanol–water partition coefficient (Wildman–Crippen LogP) is 2.72. The normalized spacial score (nSPS) is 18.6. The third kappa shape index (κ3) is 7.44. The van der Waals surface area contributed by atoms with Crippen LogP contribution in [0.5, 0.6) is 0 Å². The van der Waals surface area contributed by atoms with Crippen molar-refractivity contribution in [3.63, 3.8) is 0 Å². The van der Waals surface area contributed by atoms with Crippen molar-refractivity contribution in [3.05, 3.63) is 54.3 Å². The standard InChI is InChI=1S/C21H26N4O3.C4H4O4/c1-2-22-21(27)23-16-5-3-15(4-6-16)18-7-8-19(28-18)20(26)25-14-13-24-11-9-17(25)10-12-24;5-3(6)1-2-4(7)8/h3-8,17H,2,9-14H2,1H3,(H2,22,23,27);1-2H,(H,5,6)(H,7,8)/b;2-1+. The maximum Gasteiger partial charge on any atom is 0.328 e. The van der Waals surface area contributed by atoms with E-state index >= 15 is 0 Å². The number of anilines is 1. The molecule has 4 N–H and O–H groups in total. The van der Waals surface area contributed by atoms with Gasteiger partial charge in [0.2, 0.25) is 0 Å². The number of carbonyl (C=O) groups is 4. The van der Waals surface area contributed by atoms with Gasteiger partial charge < -0.3 is 35.1 Å². The predicted molar refractivity (Wildman–Crippen MR) is 132 cm³/mol. The minimum absolute atomic E-state index is 0.0190. The molecule has 4 heterocycles. The molecule has 1 aromatic heterocycles. The van der Waals surface area contributed by atoms with E-state index in [0.717, 1.165) is 44.6 Å². The fourth-order valence-electron chi connectivity index (χ4n) is 4.10. The number of aliphatic carboxylic acids is 2. The zero-order valence-corrected chi connectivity index (χ0v) is 20.0. The van der Waals surface area contributed by atoms with Crippen molar-refractivity contribution in [1.82, 2.24) is 15.1 Å². The Hall–Kier alpha value is -4.12. The maximum atomic E-state index is 13.0. The Labute approximate surface area is 208 Å². The molecule has 11 nitrogen and oxygen atoms in total. The number of carboxylic acid groups (broad SMARTS) is 2. The number of nitrogens with one attached hydrogen (secondary N) is 2. The number of hydrogen-bond donors (Lipinski definition) is 4. The van der Waals surface area contributed by atoms with Crippen LogP contribution in [0.1, 0.15) is 30.3 Å². The second kappa shape index (κ2) is 12.5. The molecule has 2 bridgehead atoms. The van der Waals surface area contributed by atoms with Gasteiger partial charge in [0.15, 0.2) is 5.76 Å². The van der Waals surface area contributed by atoms with Crippen LogP contribution < -0.4 is 10.6 Å². The average molecular weight is 499 g/mol. The summed E-state index contributed by atoms with van der Waals surface area (Å²) >= 11 is 0. The summed E-state index contributed by atoms with van der Waals surface area (Å²) in [7, 11) is 0. The van der Waals surface area contributed by atoms with E-state index in [1.807, 2.05) is 42.2 Å². The minimum atomic E-state index is -1.26. The fourth-order valence-corrected chi connectivity index (χ4v) is 4.10. The Morgan fingerprint density at radius 2 is 1.58 bits per heavy atom. The molecule has 2 aromatic rings. The molecule has 3 fully saturated rings. The summed E-state index contributed by atoms with van der Waals surface area (Å²) in [5.41, 5.74) is 1.57. The van der Waals surface area contributed by atoms with E-state index in [4.69, 9.17) is 14.6 Å². The molecule has 192 valence electrons. The van der Waals surface area contributed by atoms with Crippen LogP contribution in [0.2, 0.25) is 0 Å². The smallest absolute Gasteiger partial charge is 0.328 e. The maximum absolute atomic E-state index is 13.0. The van der Waals surface area contributed by atoms with Crippen LogP contribution in [-0.4, -0.2) is 82.7 Å². The first-order valence-electron chi connectivity index (χ1n) is 11.7. The first kappa shape index (κ1) is 26.5. The number of nitrogens with zero attached hydrogens (tertiary/aromatic N) is 2. The molecule has 0 saturated carbocycles. The van der Waals surface area contributed by atoms with Crippen molar-refractivity contribution in [3.8, 4) is 11.3 Å². The number of urea groups is 1. The SMILES string of the molecule is CCNC(=O)Nc1ccc(-c2ccc(C(=O)N3CCN4CCC3CC4)o2)cc1.O=C(O)/C=C/C(=O)O. The van der Waals surface area contributed by atoms with Crippen LogP contribution >= 0.6 is 0 Å². The van der Waals surface area contributed by atoms with Crippen LogP contribution in [0.4, 0.5) is 10.5 Å². The molecule has 0 unspecified atom stereocenters. The van der Waals surface area contributed by atoms with E-state index in [0.29, 0.717) is 41.9 Å². The summed E-state index contributed by atoms with van der Waals surface area (Å²) in [6.45, 7) is 6.30. The number of amides is 3. The number of rotatable bonds is 6. The monoisotopic (exact) mass is 498 g/mol. The Morgan fingerprint density at radius 3 is 2.17 bits per heavy atom. The minimum Gasteiger partial charge on any atom is -0.478 e. The summed E-state index contributed by atoms with van der Waals surface area (Å²) in [4.78, 5) is 48.1. The van der Waals surface area contributed by atoms with Gasteiger partial charge in [-0.3, -0.25) is 4.79 Å². The van der Waals surface area contributed by atoms with Gasteiger partial charge in [-0.2, -0.15) is 0 Å². The topological polar surface area (TPSA) is 152 Å². The molecule has 1 aromatic carbocycles. The summed E-state index contributed by atoms with van der Waals surface area (Å²) in [5.74, 6) is -1.50. The fraction of sp³-hybridized carbons (Fsp3) is 0.360. The lowest BCUT2D eigenvalue weighted by Gasteiger charge is -2.30. The van der Waals surface area contributed by atoms with E-state index in [2.05, 4.69) is 15.5 Å². The van der Waals surface area contributed by atoms with Gasteiger partial charge in [0.25, 0.3) is 5.91 Å². The van der Waals surface area contributed by atoms with Crippen LogP contribution in [0.25, 0.3) is 11.3 Å². The van der Waals surface area contributed by atoms with E-state index in [-0.39, 0.29) is 11.9 Å². The van der Waals surface area contributed by atoms with Crippen LogP contribution in [0, 0.1) is 0 Å². The highest BCUT2D eigenvalue weighted by molar-refractivity contribution is 5.93. The third-order valence-electron chi connectivity index (χ3n) is 5.87. The molecular weight excluding hydrogens is 468 g/mol. The second-order valence-electron chi connectivity index (χ2n) is 8.31. The van der Waals surface area contributed by atoms with Gasteiger partial charge in [0.1, 0.15) is 5.76 Å². The second-order valence-corrected chi connectivity index (χ2v) is 8.31. The number of fused-ring (bicyclic) bond motifs is 4. The molecule has 3 aliphatic rings. The van der Waals surface area contributed by atoms with Crippen molar-refractivity contribution in [2.45, 2.75) is 25.8 Å². The van der Waals surface area contributed by atoms with Crippen molar-refractivity contribution < 1.29 is 33.8 Å². The quantitative estimate of drug-likeness (QED) is 0.444. The number of piperidine rings is 1. The van der Waals surface area contributed by atoms with Crippen LogP contribution in [0.15, 0.2) is 53.0 Å². The summed E-state index contributed by atoms with van der Waals surface area (Å²) in [6.07, 6.45) is 3.20. The van der Waals surface area contributed by atoms with E-state index in [1.165, 1.54) is 0 Å². The Morgan fingerprint density at radius 1 is 0.944 bits per heavy atom. The van der Waals surface area contributed by atoms with E-state index < -0.39 is 11.9 Å². The molecule has 3 amide bonds. The van der Waals surface area contributed by atoms with Crippen LogP contribution in [-0.2, 0) is 9.59 Å². The molecule has 36 heavy (non-hydrogen) atoms. The van der Waals surface area contributed by atoms with Crippen molar-refractivity contribution in [2.75, 3.05) is 38.0 Å². The zero-order valence-electron chi connectivity index (χ0n) is 20.0. The van der Waals surface area contributed by atoms with E-state index in [9.17, 15) is 19.2 Å². The molecular formula is C25H30N4O7. The van der Waals surface area contributed by atoms with Crippen molar-refractivity contribution in [1.29, 1.82) is 0 Å². The Bertz CT molecular complexity index is 1090. The summed E-state index contributed by atoms with van der Waals surface area (Å²) in [6, 6.07) is 11.1. The Balaban J connectivity index is 0.000000392. The molecule has 5 rings (SSSR count). The summed E-state index contributed by atoms with van der Waals surface area (Å²) in [5, 5.41) is 21.1. The molecule has 0 spiro atoms. The largest absolute Gasteiger partial charge is 0.478 e. The number of hydrogen-bond acceptors (Lipinski definition) is 6. The Kier molecular flexibility index (Phi) is 9.23. The zero-order chi connectivity index (χ0) is 26.1. The van der Waals surface area contributed by atoms with Gasteiger partial charge in [-0.25, -0.2) is 14.4 Å². The first-order valence-corrected chi connectivity index (χ1v) is 11.7. The van der Waals surface area contributed by atoms with E-state index in [1.54, 1.807) is 6.07 Å². The number of carbonyl (C=O) groups excluding carboxylic acids is 2. The van der Waals surface area contributed by atoms with Crippen molar-refractivity contribution in [2.24, 2.45) is 0 Å². The highest BCUT2D eigenvalue weighted by Gasteiger charge is 2.33. The molecule has 3 aliphatic heterocycles. The first-order chi connectivity index (χ1) is 17.3. The lowest BCUT2D eigenvalue weighted by atomic mass is 10.1. The van der Waals surface area contributed by atoms with Crippen LogP contribution in [0.3, 0.4) is 0 Å². The number of benzene rings is 1. The van der Waals surface area contributed by atoms with Gasteiger partial charge in [-0.05, 0) is 56.2 Å². The third-order valence-corrected chi connectivity index (χ3v) is 5.87. The molecule has 0 aliphatic carbocycles. The van der Waals surface area contributed by atoms with Gasteiger partial charge in [0, 0.05) is 62.2 Å².